The Labute approximate surface area is 126 Å². The van der Waals surface area contributed by atoms with Crippen molar-refractivity contribution in [3.8, 4) is 0 Å². The van der Waals surface area contributed by atoms with E-state index < -0.39 is 0 Å². The van der Waals surface area contributed by atoms with Crippen LogP contribution in [0.4, 0.5) is 0 Å². The van der Waals surface area contributed by atoms with Crippen molar-refractivity contribution < 1.29 is 4.79 Å². The fourth-order valence-electron chi connectivity index (χ4n) is 2.97. The van der Waals surface area contributed by atoms with Crippen molar-refractivity contribution in [2.24, 2.45) is 11.3 Å². The molecule has 0 aliphatic carbocycles. The van der Waals surface area contributed by atoms with Crippen LogP contribution in [-0.4, -0.2) is 30.4 Å². The van der Waals surface area contributed by atoms with E-state index in [4.69, 9.17) is 0 Å². The van der Waals surface area contributed by atoms with E-state index in [9.17, 15) is 4.79 Å². The minimum absolute atomic E-state index is 0.277. The molecule has 1 aromatic heterocycles. The smallest absolute Gasteiger partial charge is 0.228 e. The summed E-state index contributed by atoms with van der Waals surface area (Å²) in [4.78, 5) is 16.2. The molecule has 1 aliphatic heterocycles. The monoisotopic (exact) mass is 294 g/mol. The van der Waals surface area contributed by atoms with E-state index in [2.05, 4.69) is 43.6 Å². The number of carbonyl (C=O) groups excluding carboxylic acids is 1. The van der Waals surface area contributed by atoms with Gasteiger partial charge in [0.1, 0.15) is 0 Å². The largest absolute Gasteiger partial charge is 0.337 e. The Kier molecular flexibility index (Phi) is 5.22. The second-order valence-corrected chi connectivity index (χ2v) is 7.20. The number of nitrogens with zero attached hydrogens (tertiary/aromatic N) is 1. The molecule has 4 heteroatoms. The summed E-state index contributed by atoms with van der Waals surface area (Å²) in [6.07, 6.45) is 2.33. The lowest BCUT2D eigenvalue weighted by atomic mass is 9.74. The van der Waals surface area contributed by atoms with Crippen LogP contribution in [0.5, 0.6) is 0 Å². The fraction of sp³-hybridized carbons (Fsp3) is 0.688. The van der Waals surface area contributed by atoms with Gasteiger partial charge in [-0.25, -0.2) is 0 Å². The fourth-order valence-corrected chi connectivity index (χ4v) is 3.69. The van der Waals surface area contributed by atoms with Gasteiger partial charge < -0.3 is 10.2 Å². The molecule has 20 heavy (non-hydrogen) atoms. The number of piperidine rings is 1. The zero-order valence-electron chi connectivity index (χ0n) is 12.8. The average molecular weight is 294 g/mol. The molecule has 1 saturated heterocycles. The molecule has 1 fully saturated rings. The maximum Gasteiger partial charge on any atom is 0.228 e. The van der Waals surface area contributed by atoms with Crippen molar-refractivity contribution in [1.82, 2.24) is 10.2 Å². The van der Waals surface area contributed by atoms with Gasteiger partial charge in [-0.1, -0.05) is 19.9 Å². The molecule has 0 saturated carbocycles. The summed E-state index contributed by atoms with van der Waals surface area (Å²) in [7, 11) is 0. The van der Waals surface area contributed by atoms with Crippen molar-refractivity contribution in [2.75, 3.05) is 19.6 Å². The van der Waals surface area contributed by atoms with E-state index in [0.717, 1.165) is 32.6 Å². The molecular formula is C16H26N2OS. The number of nitrogens with one attached hydrogen (secondary N) is 1. The second kappa shape index (κ2) is 6.72. The summed E-state index contributed by atoms with van der Waals surface area (Å²) >= 11 is 1.72. The second-order valence-electron chi connectivity index (χ2n) is 6.16. The summed E-state index contributed by atoms with van der Waals surface area (Å²) in [5.74, 6) is 0.739. The molecule has 2 heterocycles. The topological polar surface area (TPSA) is 32.3 Å². The maximum absolute atomic E-state index is 12.9. The first kappa shape index (κ1) is 15.5. The first-order chi connectivity index (χ1) is 9.55. The molecule has 1 aromatic rings. The minimum Gasteiger partial charge on any atom is -0.337 e. The van der Waals surface area contributed by atoms with Crippen LogP contribution in [0, 0.1) is 11.3 Å². The first-order valence-corrected chi connectivity index (χ1v) is 8.46. The molecule has 0 aromatic carbocycles. The normalized spacial score (nSPS) is 19.9. The highest BCUT2D eigenvalue weighted by molar-refractivity contribution is 7.09. The van der Waals surface area contributed by atoms with Gasteiger partial charge in [0.2, 0.25) is 5.91 Å². The van der Waals surface area contributed by atoms with Crippen molar-refractivity contribution in [3.63, 3.8) is 0 Å². The Morgan fingerprint density at radius 1 is 1.55 bits per heavy atom. The number of hydrogen-bond donors (Lipinski definition) is 1. The molecular weight excluding hydrogens is 268 g/mol. The number of amides is 1. The lowest BCUT2D eigenvalue weighted by molar-refractivity contribution is -0.144. The molecule has 1 aliphatic rings. The van der Waals surface area contributed by atoms with Crippen LogP contribution in [-0.2, 0) is 11.3 Å². The van der Waals surface area contributed by atoms with Gasteiger partial charge in [-0.15, -0.1) is 11.3 Å². The Morgan fingerprint density at radius 3 is 2.90 bits per heavy atom. The van der Waals surface area contributed by atoms with Gasteiger partial charge in [0.15, 0.2) is 0 Å². The first-order valence-electron chi connectivity index (χ1n) is 7.58. The van der Waals surface area contributed by atoms with Gasteiger partial charge in [0.25, 0.3) is 0 Å². The maximum atomic E-state index is 12.9. The van der Waals surface area contributed by atoms with Crippen LogP contribution in [0.3, 0.4) is 0 Å². The molecule has 112 valence electrons. The number of hydrogen-bond acceptors (Lipinski definition) is 3. The van der Waals surface area contributed by atoms with Crippen LogP contribution in [0.1, 0.15) is 38.5 Å². The molecule has 1 unspecified atom stereocenters. The van der Waals surface area contributed by atoms with E-state index in [0.29, 0.717) is 11.8 Å². The van der Waals surface area contributed by atoms with Crippen LogP contribution in [0.15, 0.2) is 17.5 Å². The Bertz CT molecular complexity index is 422. The zero-order chi connectivity index (χ0) is 14.6. The predicted molar refractivity (Wildman–Crippen MR) is 84.8 cm³/mol. The van der Waals surface area contributed by atoms with Crippen LogP contribution in [0.2, 0.25) is 0 Å². The summed E-state index contributed by atoms with van der Waals surface area (Å²) in [5, 5.41) is 5.50. The summed E-state index contributed by atoms with van der Waals surface area (Å²) in [6.45, 7) is 9.88. The van der Waals surface area contributed by atoms with Gasteiger partial charge in [0, 0.05) is 16.8 Å². The Morgan fingerprint density at radius 2 is 2.35 bits per heavy atom. The van der Waals surface area contributed by atoms with Gasteiger partial charge in [-0.3, -0.25) is 4.79 Å². The Balaban J connectivity index is 2.05. The lowest BCUT2D eigenvalue weighted by Gasteiger charge is -2.39. The molecule has 0 radical (unpaired) electrons. The molecule has 1 atom stereocenters. The third-order valence-corrected chi connectivity index (χ3v) is 5.33. The SMILES string of the molecule is CCN(Cc1cccs1)C(=O)C(C)(C)C1CCCNC1. The number of rotatable bonds is 5. The molecule has 3 nitrogen and oxygen atoms in total. The highest BCUT2D eigenvalue weighted by atomic mass is 32.1. The highest BCUT2D eigenvalue weighted by Crippen LogP contribution is 2.34. The standard InChI is InChI=1S/C16H26N2OS/c1-4-18(12-14-8-6-10-20-14)15(19)16(2,3)13-7-5-9-17-11-13/h6,8,10,13,17H,4-5,7,9,11-12H2,1-3H3. The van der Waals surface area contributed by atoms with Crippen molar-refractivity contribution >= 4 is 17.2 Å². The highest BCUT2D eigenvalue weighted by Gasteiger charge is 2.39. The summed E-state index contributed by atoms with van der Waals surface area (Å²) in [5.41, 5.74) is -0.277. The molecule has 0 spiro atoms. The quantitative estimate of drug-likeness (QED) is 0.905. The van der Waals surface area contributed by atoms with Crippen molar-refractivity contribution in [2.45, 2.75) is 40.2 Å². The molecule has 1 N–H and O–H groups in total. The molecule has 1 amide bonds. The lowest BCUT2D eigenvalue weighted by Crippen LogP contribution is -2.48. The summed E-state index contributed by atoms with van der Waals surface area (Å²) in [6, 6.07) is 4.16. The van der Waals surface area contributed by atoms with E-state index in [1.807, 2.05) is 4.90 Å². The minimum atomic E-state index is -0.277. The number of thiophene rings is 1. The summed E-state index contributed by atoms with van der Waals surface area (Å²) < 4.78 is 0. The van der Waals surface area contributed by atoms with E-state index >= 15 is 0 Å². The van der Waals surface area contributed by atoms with E-state index in [-0.39, 0.29) is 5.41 Å². The van der Waals surface area contributed by atoms with Crippen LogP contribution >= 0.6 is 11.3 Å². The molecule has 0 bridgehead atoms. The van der Waals surface area contributed by atoms with E-state index in [1.54, 1.807) is 11.3 Å². The van der Waals surface area contributed by atoms with Gasteiger partial charge in [-0.05, 0) is 50.2 Å². The third-order valence-electron chi connectivity index (χ3n) is 4.46. The predicted octanol–water partition coefficient (Wildman–Crippen LogP) is 3.12. The van der Waals surface area contributed by atoms with Crippen LogP contribution < -0.4 is 5.32 Å². The van der Waals surface area contributed by atoms with Crippen molar-refractivity contribution in [3.05, 3.63) is 22.4 Å². The molecule has 2 rings (SSSR count). The Hall–Kier alpha value is -0.870. The van der Waals surface area contributed by atoms with E-state index in [1.165, 1.54) is 11.3 Å². The average Bonchev–Trinajstić information content (AvgIpc) is 2.98. The third kappa shape index (κ3) is 3.41. The van der Waals surface area contributed by atoms with Gasteiger partial charge in [0.05, 0.1) is 6.54 Å². The number of carbonyl (C=O) groups is 1. The zero-order valence-corrected chi connectivity index (χ0v) is 13.6. The van der Waals surface area contributed by atoms with Crippen molar-refractivity contribution in [1.29, 1.82) is 0 Å². The van der Waals surface area contributed by atoms with Crippen LogP contribution in [0.25, 0.3) is 0 Å². The van der Waals surface area contributed by atoms with Gasteiger partial charge >= 0.3 is 0 Å². The van der Waals surface area contributed by atoms with Gasteiger partial charge in [-0.2, -0.15) is 0 Å².